The fourth-order valence-electron chi connectivity index (χ4n) is 8.94. The maximum atomic E-state index is 13.7. The zero-order chi connectivity index (χ0) is 41.0. The maximum absolute atomic E-state index is 13.7. The fraction of sp³-hybridized carbons (Fsp3) is 0.736. The standard InChI is InChI=1S/C53H88O4/c1-5-9-12-15-18-20-22-23-24-26-28-31-34-40-45-57-53(55)52-47(46(8-4)50-48(51(50)52)42-36-32-29-17-14-11-7-3)41-37-35-38-43-49(54)56-44-39-33-30-27-25-21-19-16-13-10-6-2/h8,14,17,29,32,35-38,41-42,46-48,50-52H,4-7,9-13,15-16,18-28,30-31,33-34,39-40,43-45H2,1-3H3/b17-14+,32-29+,38-35+,41-37+,42-36+/t46-,47+,48+,50+,51+,52+/m0/s1. The summed E-state index contributed by atoms with van der Waals surface area (Å²) < 4.78 is 11.5. The minimum absolute atomic E-state index is 0.0520. The molecule has 0 heterocycles. The summed E-state index contributed by atoms with van der Waals surface area (Å²) in [4.78, 5) is 26.1. The molecule has 0 aromatic heterocycles. The molecule has 57 heavy (non-hydrogen) atoms. The molecule has 0 saturated heterocycles. The zero-order valence-electron chi connectivity index (χ0n) is 37.4. The van der Waals surface area contributed by atoms with Crippen molar-refractivity contribution in [2.75, 3.05) is 13.2 Å². The Labute approximate surface area is 352 Å². The molecule has 0 N–H and O–H groups in total. The molecule has 0 bridgehead atoms. The molecule has 0 radical (unpaired) electrons. The molecule has 4 heteroatoms. The first-order chi connectivity index (χ1) is 28.1. The minimum atomic E-state index is -0.174. The van der Waals surface area contributed by atoms with Crippen molar-refractivity contribution >= 4 is 11.9 Å². The third-order valence-corrected chi connectivity index (χ3v) is 12.3. The van der Waals surface area contributed by atoms with Gasteiger partial charge in [0.05, 0.1) is 25.6 Å². The van der Waals surface area contributed by atoms with Gasteiger partial charge in [0, 0.05) is 0 Å². The fourth-order valence-corrected chi connectivity index (χ4v) is 8.94. The van der Waals surface area contributed by atoms with Gasteiger partial charge in [-0.2, -0.15) is 0 Å². The van der Waals surface area contributed by atoms with Gasteiger partial charge in [0.2, 0.25) is 0 Å². The molecule has 324 valence electrons. The van der Waals surface area contributed by atoms with Gasteiger partial charge >= 0.3 is 11.9 Å². The highest BCUT2D eigenvalue weighted by molar-refractivity contribution is 5.75. The van der Waals surface area contributed by atoms with Gasteiger partial charge in [-0.05, 0) is 48.9 Å². The van der Waals surface area contributed by atoms with Gasteiger partial charge in [-0.1, -0.05) is 242 Å². The van der Waals surface area contributed by atoms with Crippen molar-refractivity contribution in [1.29, 1.82) is 0 Å². The van der Waals surface area contributed by atoms with E-state index in [-0.39, 0.29) is 42.0 Å². The first-order valence-electron chi connectivity index (χ1n) is 24.4. The van der Waals surface area contributed by atoms with Crippen LogP contribution in [0.3, 0.4) is 0 Å². The van der Waals surface area contributed by atoms with Crippen LogP contribution in [0.4, 0.5) is 0 Å². The van der Waals surface area contributed by atoms with E-state index in [9.17, 15) is 9.59 Å². The van der Waals surface area contributed by atoms with Crippen LogP contribution in [0.2, 0.25) is 0 Å². The second kappa shape index (κ2) is 35.3. The predicted octanol–water partition coefficient (Wildman–Crippen LogP) is 15.7. The summed E-state index contributed by atoms with van der Waals surface area (Å²) in [5, 5.41) is 0. The van der Waals surface area contributed by atoms with Crippen LogP contribution in [0.25, 0.3) is 0 Å². The van der Waals surface area contributed by atoms with Crippen molar-refractivity contribution in [1.82, 2.24) is 0 Å². The molecule has 0 aromatic carbocycles. The van der Waals surface area contributed by atoms with E-state index in [1.807, 2.05) is 18.2 Å². The average Bonchev–Trinajstić information content (AvgIpc) is 3.80. The second-order valence-corrected chi connectivity index (χ2v) is 17.2. The largest absolute Gasteiger partial charge is 0.465 e. The van der Waals surface area contributed by atoms with Gasteiger partial charge in [-0.15, -0.1) is 6.58 Å². The van der Waals surface area contributed by atoms with Crippen molar-refractivity contribution in [3.63, 3.8) is 0 Å². The lowest BCUT2D eigenvalue weighted by Crippen LogP contribution is -2.28. The first kappa shape index (κ1) is 50.5. The molecule has 0 spiro atoms. The summed E-state index contributed by atoms with van der Waals surface area (Å²) in [6.45, 7) is 12.0. The van der Waals surface area contributed by atoms with Crippen LogP contribution in [0.1, 0.15) is 201 Å². The number of hydrogen-bond donors (Lipinski definition) is 0. The monoisotopic (exact) mass is 789 g/mol. The van der Waals surface area contributed by atoms with Crippen molar-refractivity contribution in [2.45, 2.75) is 201 Å². The lowest BCUT2D eigenvalue weighted by Gasteiger charge is -2.24. The Bertz CT molecular complexity index is 1160. The van der Waals surface area contributed by atoms with E-state index in [1.54, 1.807) is 0 Å². The van der Waals surface area contributed by atoms with E-state index in [2.05, 4.69) is 76.0 Å². The minimum Gasteiger partial charge on any atom is -0.465 e. The highest BCUT2D eigenvalue weighted by Crippen LogP contribution is 2.67. The summed E-state index contributed by atoms with van der Waals surface area (Å²) in [6, 6.07) is 0. The molecular weight excluding hydrogens is 701 g/mol. The van der Waals surface area contributed by atoms with Crippen molar-refractivity contribution < 1.29 is 19.1 Å². The summed E-state index contributed by atoms with van der Waals surface area (Å²) in [5.74, 6) is 0.925. The number of carbonyl (C=O) groups excluding carboxylic acids is 2. The number of allylic oxidation sites excluding steroid dienone is 10. The Balaban J connectivity index is 1.75. The Hall–Kier alpha value is -2.62. The van der Waals surface area contributed by atoms with Gasteiger partial charge < -0.3 is 9.47 Å². The quantitative estimate of drug-likeness (QED) is 0.0271. The number of carbonyl (C=O) groups is 2. The summed E-state index contributed by atoms with van der Waals surface area (Å²) in [6.07, 6.45) is 57.9. The lowest BCUT2D eigenvalue weighted by molar-refractivity contribution is -0.150. The maximum Gasteiger partial charge on any atom is 0.309 e. The van der Waals surface area contributed by atoms with E-state index in [0.29, 0.717) is 25.0 Å². The highest BCUT2D eigenvalue weighted by atomic mass is 16.5. The number of unbranched alkanes of at least 4 members (excludes halogenated alkanes) is 24. The third-order valence-electron chi connectivity index (χ3n) is 12.3. The van der Waals surface area contributed by atoms with Crippen LogP contribution in [0.5, 0.6) is 0 Å². The molecular formula is C53H88O4. The molecule has 2 fully saturated rings. The van der Waals surface area contributed by atoms with E-state index in [0.717, 1.165) is 38.5 Å². The topological polar surface area (TPSA) is 52.6 Å². The molecule has 2 aliphatic carbocycles. The molecule has 4 nitrogen and oxygen atoms in total. The third kappa shape index (κ3) is 23.5. The molecule has 2 aliphatic rings. The van der Waals surface area contributed by atoms with Crippen LogP contribution in [-0.2, 0) is 19.1 Å². The van der Waals surface area contributed by atoms with E-state index in [4.69, 9.17) is 9.47 Å². The molecule has 6 atom stereocenters. The van der Waals surface area contributed by atoms with Crippen LogP contribution >= 0.6 is 0 Å². The molecule has 2 rings (SSSR count). The first-order valence-corrected chi connectivity index (χ1v) is 24.4. The Morgan fingerprint density at radius 1 is 0.456 bits per heavy atom. The number of rotatable bonds is 38. The van der Waals surface area contributed by atoms with Crippen LogP contribution in [0, 0.1) is 35.5 Å². The van der Waals surface area contributed by atoms with Crippen LogP contribution in [-0.4, -0.2) is 25.2 Å². The van der Waals surface area contributed by atoms with Gasteiger partial charge in [-0.25, -0.2) is 0 Å². The average molecular weight is 789 g/mol. The van der Waals surface area contributed by atoms with Crippen molar-refractivity contribution in [3.05, 3.63) is 73.4 Å². The van der Waals surface area contributed by atoms with Gasteiger partial charge in [0.15, 0.2) is 0 Å². The van der Waals surface area contributed by atoms with Crippen LogP contribution < -0.4 is 0 Å². The summed E-state index contributed by atoms with van der Waals surface area (Å²) in [5.41, 5.74) is 0. The Morgan fingerprint density at radius 2 is 0.895 bits per heavy atom. The molecule has 0 unspecified atom stereocenters. The zero-order valence-corrected chi connectivity index (χ0v) is 37.4. The molecule has 0 aromatic rings. The lowest BCUT2D eigenvalue weighted by atomic mass is 9.81. The molecule has 2 saturated carbocycles. The van der Waals surface area contributed by atoms with E-state index >= 15 is 0 Å². The van der Waals surface area contributed by atoms with Gasteiger partial charge in [-0.3, -0.25) is 9.59 Å². The normalized spacial score (nSPS) is 21.8. The van der Waals surface area contributed by atoms with Crippen molar-refractivity contribution in [3.8, 4) is 0 Å². The highest BCUT2D eigenvalue weighted by Gasteiger charge is 2.66. The van der Waals surface area contributed by atoms with Crippen molar-refractivity contribution in [2.24, 2.45) is 35.5 Å². The number of fused-ring (bicyclic) bond motifs is 1. The SMILES string of the molecule is C=C[C@H]1[C@@H](/C=C/C=C/CC(=O)OCCCCCCCCCCCCC)[C@@H](C(=O)OCCCCCCCCCCCCCCCC)[C@@H]2[C@H](/C=C/C=C/C=C/CCC)[C@@H]12. The summed E-state index contributed by atoms with van der Waals surface area (Å²) in [7, 11) is 0. The molecule has 0 aliphatic heterocycles. The number of ether oxygens (including phenoxy) is 2. The predicted molar refractivity (Wildman–Crippen MR) is 245 cm³/mol. The second-order valence-electron chi connectivity index (χ2n) is 17.2. The smallest absolute Gasteiger partial charge is 0.309 e. The van der Waals surface area contributed by atoms with E-state index in [1.165, 1.54) is 135 Å². The summed E-state index contributed by atoms with van der Waals surface area (Å²) >= 11 is 0. The number of hydrogen-bond acceptors (Lipinski definition) is 4. The number of esters is 2. The Morgan fingerprint density at radius 3 is 1.40 bits per heavy atom. The molecule has 0 amide bonds. The van der Waals surface area contributed by atoms with Gasteiger partial charge in [0.25, 0.3) is 0 Å². The van der Waals surface area contributed by atoms with E-state index < -0.39 is 0 Å². The van der Waals surface area contributed by atoms with Gasteiger partial charge in [0.1, 0.15) is 0 Å². The Kier molecular flexibility index (Phi) is 31.3. The van der Waals surface area contributed by atoms with Crippen LogP contribution in [0.15, 0.2) is 73.4 Å².